The lowest BCUT2D eigenvalue weighted by Crippen LogP contribution is -2.44. The van der Waals surface area contributed by atoms with Gasteiger partial charge < -0.3 is 26.0 Å². The van der Waals surface area contributed by atoms with Crippen molar-refractivity contribution in [3.8, 4) is 11.1 Å². The standard InChI is InChI=1S/C27H30N4O2/c1-18-19(14-20(28)15-26(18)31-12-10-29-11-13-31)16-30-27(32)33-17-25-23-8-4-2-6-21(23)22-7-3-5-9-24(22)25/h2-9,14-15,25,29H,10-13,16-17,28H2,1H3,(H,30,32). The molecule has 0 bridgehead atoms. The molecule has 170 valence electrons. The minimum atomic E-state index is -0.414. The smallest absolute Gasteiger partial charge is 0.407 e. The summed E-state index contributed by atoms with van der Waals surface area (Å²) in [7, 11) is 0. The predicted molar refractivity (Wildman–Crippen MR) is 133 cm³/mol. The van der Waals surface area contributed by atoms with Crippen molar-refractivity contribution in [1.82, 2.24) is 10.6 Å². The van der Waals surface area contributed by atoms with Crippen LogP contribution >= 0.6 is 0 Å². The van der Waals surface area contributed by atoms with Gasteiger partial charge in [-0.1, -0.05) is 48.5 Å². The SMILES string of the molecule is Cc1c(CNC(=O)OCC2c3ccccc3-c3ccccc32)cc(N)cc1N1CCNCC1. The molecule has 3 aromatic rings. The summed E-state index contributed by atoms with van der Waals surface area (Å²) < 4.78 is 5.68. The van der Waals surface area contributed by atoms with Gasteiger partial charge in [-0.15, -0.1) is 0 Å². The maximum Gasteiger partial charge on any atom is 0.407 e. The molecule has 1 amide bonds. The van der Waals surface area contributed by atoms with Gasteiger partial charge in [-0.3, -0.25) is 0 Å². The van der Waals surface area contributed by atoms with E-state index in [9.17, 15) is 4.79 Å². The van der Waals surface area contributed by atoms with Crippen molar-refractivity contribution in [1.29, 1.82) is 0 Å². The number of amides is 1. The van der Waals surface area contributed by atoms with Gasteiger partial charge in [-0.25, -0.2) is 4.79 Å². The lowest BCUT2D eigenvalue weighted by Gasteiger charge is -2.31. The van der Waals surface area contributed by atoms with Crippen molar-refractivity contribution >= 4 is 17.5 Å². The normalized spacial score (nSPS) is 15.1. The number of benzene rings is 3. The van der Waals surface area contributed by atoms with Gasteiger partial charge in [0, 0.05) is 50.0 Å². The lowest BCUT2D eigenvalue weighted by atomic mass is 9.98. The zero-order valence-electron chi connectivity index (χ0n) is 18.9. The Bertz CT molecular complexity index is 1130. The molecule has 0 unspecified atom stereocenters. The van der Waals surface area contributed by atoms with Crippen LogP contribution in [0.1, 0.15) is 28.2 Å². The average molecular weight is 443 g/mol. The zero-order valence-corrected chi connectivity index (χ0v) is 18.9. The molecule has 1 aliphatic carbocycles. The van der Waals surface area contributed by atoms with E-state index in [0.717, 1.165) is 43.0 Å². The van der Waals surface area contributed by atoms with Crippen LogP contribution in [0.2, 0.25) is 0 Å². The van der Waals surface area contributed by atoms with Crippen LogP contribution in [-0.2, 0) is 11.3 Å². The molecule has 0 spiro atoms. The number of carbonyl (C=O) groups excluding carboxylic acids is 1. The van der Waals surface area contributed by atoms with Crippen LogP contribution in [-0.4, -0.2) is 38.9 Å². The second-order valence-corrected chi connectivity index (χ2v) is 8.74. The summed E-state index contributed by atoms with van der Waals surface area (Å²) in [5, 5.41) is 6.30. The van der Waals surface area contributed by atoms with Gasteiger partial charge in [0.1, 0.15) is 6.61 Å². The second-order valence-electron chi connectivity index (χ2n) is 8.74. The molecule has 6 heteroatoms. The third kappa shape index (κ3) is 4.26. The second kappa shape index (κ2) is 9.16. The molecule has 5 rings (SSSR count). The molecule has 1 fully saturated rings. The summed E-state index contributed by atoms with van der Waals surface area (Å²) in [5.74, 6) is 0.0524. The van der Waals surface area contributed by atoms with Crippen LogP contribution in [0.15, 0.2) is 60.7 Å². The van der Waals surface area contributed by atoms with Gasteiger partial charge >= 0.3 is 6.09 Å². The number of hydrogen-bond acceptors (Lipinski definition) is 5. The van der Waals surface area contributed by atoms with E-state index >= 15 is 0 Å². The number of nitrogens with one attached hydrogen (secondary N) is 2. The fourth-order valence-electron chi connectivity index (χ4n) is 5.02. The Labute approximate surface area is 194 Å². The summed E-state index contributed by atoms with van der Waals surface area (Å²) >= 11 is 0. The Kier molecular flexibility index (Phi) is 5.92. The molecule has 2 aliphatic rings. The molecule has 0 aromatic heterocycles. The molecule has 4 N–H and O–H groups in total. The molecule has 33 heavy (non-hydrogen) atoms. The minimum Gasteiger partial charge on any atom is -0.449 e. The molecule has 1 aliphatic heterocycles. The Morgan fingerprint density at radius 3 is 2.36 bits per heavy atom. The van der Waals surface area contributed by atoms with Gasteiger partial charge in [-0.2, -0.15) is 0 Å². The van der Waals surface area contributed by atoms with Crippen molar-refractivity contribution in [3.63, 3.8) is 0 Å². The van der Waals surface area contributed by atoms with Gasteiger partial charge in [0.05, 0.1) is 0 Å². The first-order chi connectivity index (χ1) is 16.1. The number of hydrogen-bond donors (Lipinski definition) is 3. The van der Waals surface area contributed by atoms with Gasteiger partial charge in [-0.05, 0) is 52.4 Å². The number of ether oxygens (including phenoxy) is 1. The fourth-order valence-corrected chi connectivity index (χ4v) is 5.02. The van der Waals surface area contributed by atoms with E-state index < -0.39 is 6.09 Å². The number of piperazine rings is 1. The van der Waals surface area contributed by atoms with Crippen LogP contribution in [0.4, 0.5) is 16.2 Å². The third-order valence-electron chi connectivity index (χ3n) is 6.73. The maximum absolute atomic E-state index is 12.6. The average Bonchev–Trinajstić information content (AvgIpc) is 3.17. The summed E-state index contributed by atoms with van der Waals surface area (Å²) in [6.45, 7) is 6.59. The molecule has 1 saturated heterocycles. The van der Waals surface area contributed by atoms with E-state index in [1.54, 1.807) is 0 Å². The van der Waals surface area contributed by atoms with Crippen molar-refractivity contribution in [3.05, 3.63) is 82.9 Å². The largest absolute Gasteiger partial charge is 0.449 e. The predicted octanol–water partition coefficient (Wildman–Crippen LogP) is 4.03. The monoisotopic (exact) mass is 442 g/mol. The number of anilines is 2. The summed E-state index contributed by atoms with van der Waals surface area (Å²) in [5.41, 5.74) is 15.0. The number of carbonyl (C=O) groups is 1. The molecule has 0 saturated carbocycles. The van der Waals surface area contributed by atoms with E-state index in [1.807, 2.05) is 36.4 Å². The highest BCUT2D eigenvalue weighted by molar-refractivity contribution is 5.79. The first kappa shape index (κ1) is 21.3. The number of alkyl carbamates (subject to hydrolysis) is 1. The highest BCUT2D eigenvalue weighted by Gasteiger charge is 2.29. The maximum atomic E-state index is 12.6. The van der Waals surface area contributed by atoms with Gasteiger partial charge in [0.2, 0.25) is 0 Å². The number of nitrogens with zero attached hydrogens (tertiary/aromatic N) is 1. The zero-order chi connectivity index (χ0) is 22.8. The Morgan fingerprint density at radius 1 is 1.06 bits per heavy atom. The van der Waals surface area contributed by atoms with Gasteiger partial charge in [0.15, 0.2) is 0 Å². The Hall–Kier alpha value is -3.51. The molecule has 3 aromatic carbocycles. The lowest BCUT2D eigenvalue weighted by molar-refractivity contribution is 0.142. The Balaban J connectivity index is 1.24. The van der Waals surface area contributed by atoms with E-state index in [4.69, 9.17) is 10.5 Å². The van der Waals surface area contributed by atoms with E-state index in [0.29, 0.717) is 18.8 Å². The van der Waals surface area contributed by atoms with E-state index in [1.165, 1.54) is 22.3 Å². The van der Waals surface area contributed by atoms with Gasteiger partial charge in [0.25, 0.3) is 0 Å². The van der Waals surface area contributed by atoms with Crippen LogP contribution in [0.25, 0.3) is 11.1 Å². The minimum absolute atomic E-state index is 0.0524. The van der Waals surface area contributed by atoms with Crippen molar-refractivity contribution in [2.45, 2.75) is 19.4 Å². The Morgan fingerprint density at radius 2 is 1.70 bits per heavy atom. The summed E-state index contributed by atoms with van der Waals surface area (Å²) in [4.78, 5) is 14.9. The third-order valence-corrected chi connectivity index (χ3v) is 6.73. The summed E-state index contributed by atoms with van der Waals surface area (Å²) in [6.07, 6.45) is -0.414. The van der Waals surface area contributed by atoms with Crippen LogP contribution < -0.4 is 21.3 Å². The highest BCUT2D eigenvalue weighted by Crippen LogP contribution is 2.44. The van der Waals surface area contributed by atoms with Crippen LogP contribution in [0.5, 0.6) is 0 Å². The molecular formula is C27H30N4O2. The van der Waals surface area contributed by atoms with E-state index in [-0.39, 0.29) is 5.92 Å². The first-order valence-electron chi connectivity index (χ1n) is 11.6. The van der Waals surface area contributed by atoms with E-state index in [2.05, 4.69) is 46.7 Å². The number of nitrogens with two attached hydrogens (primary N) is 1. The highest BCUT2D eigenvalue weighted by atomic mass is 16.5. The number of fused-ring (bicyclic) bond motifs is 3. The van der Waals surface area contributed by atoms with Crippen LogP contribution in [0, 0.1) is 6.92 Å². The van der Waals surface area contributed by atoms with Crippen LogP contribution in [0.3, 0.4) is 0 Å². The molecule has 6 nitrogen and oxygen atoms in total. The molecule has 1 heterocycles. The molecule has 0 radical (unpaired) electrons. The topological polar surface area (TPSA) is 79.6 Å². The first-order valence-corrected chi connectivity index (χ1v) is 11.6. The molecular weight excluding hydrogens is 412 g/mol. The number of rotatable bonds is 5. The van der Waals surface area contributed by atoms with Crippen molar-refractivity contribution in [2.75, 3.05) is 43.4 Å². The quantitative estimate of drug-likeness (QED) is 0.520. The van der Waals surface area contributed by atoms with Crippen molar-refractivity contribution < 1.29 is 9.53 Å². The number of nitrogen functional groups attached to an aromatic ring is 1. The van der Waals surface area contributed by atoms with Crippen molar-refractivity contribution in [2.24, 2.45) is 0 Å². The summed E-state index contributed by atoms with van der Waals surface area (Å²) in [6, 6.07) is 20.6. The molecule has 0 atom stereocenters. The fraction of sp³-hybridized carbons (Fsp3) is 0.296.